The fourth-order valence-corrected chi connectivity index (χ4v) is 2.86. The molecule has 0 spiro atoms. The van der Waals surface area contributed by atoms with E-state index in [0.717, 1.165) is 0 Å². The molecule has 3 aromatic carbocycles. The molecule has 1 N–H and O–H groups in total. The van der Waals surface area contributed by atoms with E-state index in [9.17, 15) is 14.4 Å². The second kappa shape index (κ2) is 10.2. The standard InChI is InChI=1S/C23H17ClFN3O2/c24-21-7-4-8-22(25)20(21)15-30-18-11-9-16(10-12-18)14-27-28-23(29)19(13-26)17-5-2-1-3-6-17/h1-12,14,19H,15H2,(H,28,29)/b27-14-/t19-/m1/s1. The molecule has 0 saturated heterocycles. The van der Waals surface area contributed by atoms with Gasteiger partial charge in [-0.05, 0) is 47.5 Å². The molecule has 0 aromatic heterocycles. The number of carbonyl (C=O) groups is 1. The summed E-state index contributed by atoms with van der Waals surface area (Å²) in [7, 11) is 0. The third-order valence-corrected chi connectivity index (χ3v) is 4.59. The van der Waals surface area contributed by atoms with Crippen LogP contribution in [-0.4, -0.2) is 12.1 Å². The first-order valence-corrected chi connectivity index (χ1v) is 9.39. The largest absolute Gasteiger partial charge is 0.489 e. The van der Waals surface area contributed by atoms with Gasteiger partial charge in [-0.25, -0.2) is 9.82 Å². The van der Waals surface area contributed by atoms with Crippen molar-refractivity contribution in [2.75, 3.05) is 0 Å². The van der Waals surface area contributed by atoms with E-state index in [2.05, 4.69) is 10.5 Å². The summed E-state index contributed by atoms with van der Waals surface area (Å²) >= 11 is 5.98. The summed E-state index contributed by atoms with van der Waals surface area (Å²) in [5.41, 5.74) is 3.97. The van der Waals surface area contributed by atoms with Gasteiger partial charge in [0.1, 0.15) is 18.2 Å². The highest BCUT2D eigenvalue weighted by Crippen LogP contribution is 2.21. The molecule has 0 saturated carbocycles. The fourth-order valence-electron chi connectivity index (χ4n) is 2.64. The van der Waals surface area contributed by atoms with Gasteiger partial charge < -0.3 is 4.74 Å². The number of benzene rings is 3. The average molecular weight is 422 g/mol. The van der Waals surface area contributed by atoms with Crippen molar-refractivity contribution in [2.24, 2.45) is 5.10 Å². The van der Waals surface area contributed by atoms with Crippen LogP contribution in [0.25, 0.3) is 0 Å². The normalized spacial score (nSPS) is 11.6. The number of hydrazone groups is 1. The number of rotatable bonds is 7. The third-order valence-electron chi connectivity index (χ3n) is 4.24. The molecular weight excluding hydrogens is 405 g/mol. The van der Waals surface area contributed by atoms with E-state index in [-0.39, 0.29) is 12.2 Å². The first-order chi connectivity index (χ1) is 14.6. The van der Waals surface area contributed by atoms with Crippen molar-refractivity contribution < 1.29 is 13.9 Å². The molecule has 1 atom stereocenters. The molecule has 3 aromatic rings. The van der Waals surface area contributed by atoms with Gasteiger partial charge in [-0.1, -0.05) is 48.0 Å². The summed E-state index contributed by atoms with van der Waals surface area (Å²) in [4.78, 5) is 12.2. The lowest BCUT2D eigenvalue weighted by atomic mass is 10.0. The van der Waals surface area contributed by atoms with E-state index in [1.54, 1.807) is 54.6 Å². The molecule has 0 aliphatic rings. The van der Waals surface area contributed by atoms with Gasteiger partial charge in [0.2, 0.25) is 0 Å². The molecule has 3 rings (SSSR count). The lowest BCUT2D eigenvalue weighted by Crippen LogP contribution is -2.24. The molecule has 0 aliphatic heterocycles. The number of nitriles is 1. The lowest BCUT2D eigenvalue weighted by molar-refractivity contribution is -0.121. The Morgan fingerprint density at radius 1 is 1.13 bits per heavy atom. The molecule has 0 fully saturated rings. The van der Waals surface area contributed by atoms with Crippen LogP contribution >= 0.6 is 11.6 Å². The number of halogens is 2. The molecule has 1 amide bonds. The van der Waals surface area contributed by atoms with E-state index >= 15 is 0 Å². The second-order valence-corrected chi connectivity index (χ2v) is 6.67. The lowest BCUT2D eigenvalue weighted by Gasteiger charge is -2.09. The summed E-state index contributed by atoms with van der Waals surface area (Å²) in [6.45, 7) is 0.00400. The van der Waals surface area contributed by atoms with E-state index in [4.69, 9.17) is 16.3 Å². The smallest absolute Gasteiger partial charge is 0.261 e. The zero-order valence-corrected chi connectivity index (χ0v) is 16.5. The zero-order chi connectivity index (χ0) is 21.3. The predicted molar refractivity (Wildman–Crippen MR) is 113 cm³/mol. The summed E-state index contributed by atoms with van der Waals surface area (Å²) in [6, 6.07) is 22.0. The van der Waals surface area contributed by atoms with Crippen LogP contribution in [0, 0.1) is 17.1 Å². The first-order valence-electron chi connectivity index (χ1n) is 9.01. The number of hydrogen-bond acceptors (Lipinski definition) is 4. The number of amides is 1. The Morgan fingerprint density at radius 3 is 2.53 bits per heavy atom. The molecule has 0 bridgehead atoms. The highest BCUT2D eigenvalue weighted by Gasteiger charge is 2.19. The van der Waals surface area contributed by atoms with Crippen LogP contribution in [0.1, 0.15) is 22.6 Å². The number of ether oxygens (including phenoxy) is 1. The SMILES string of the molecule is N#C[C@@H](C(=O)N/N=C\c1ccc(OCc2c(F)cccc2Cl)cc1)c1ccccc1. The maximum absolute atomic E-state index is 13.8. The van der Waals surface area contributed by atoms with Gasteiger partial charge in [0.05, 0.1) is 17.3 Å². The molecule has 7 heteroatoms. The van der Waals surface area contributed by atoms with Crippen LogP contribution in [0.4, 0.5) is 4.39 Å². The van der Waals surface area contributed by atoms with Crippen LogP contribution in [0.5, 0.6) is 5.75 Å². The Kier molecular flexibility index (Phi) is 7.14. The van der Waals surface area contributed by atoms with Crippen LogP contribution < -0.4 is 10.2 Å². The minimum absolute atomic E-state index is 0.00400. The van der Waals surface area contributed by atoms with Gasteiger partial charge in [-0.15, -0.1) is 0 Å². The summed E-state index contributed by atoms with van der Waals surface area (Å²) < 4.78 is 19.3. The molecular formula is C23H17ClFN3O2. The number of hydrogen-bond donors (Lipinski definition) is 1. The van der Waals surface area contributed by atoms with E-state index < -0.39 is 17.6 Å². The molecule has 150 valence electrons. The van der Waals surface area contributed by atoms with Gasteiger partial charge in [0.15, 0.2) is 5.92 Å². The van der Waals surface area contributed by atoms with Crippen molar-refractivity contribution in [2.45, 2.75) is 12.5 Å². The zero-order valence-electron chi connectivity index (χ0n) is 15.8. The first kappa shape index (κ1) is 21.0. The van der Waals surface area contributed by atoms with Gasteiger partial charge >= 0.3 is 0 Å². The van der Waals surface area contributed by atoms with Crippen molar-refractivity contribution in [1.82, 2.24) is 5.43 Å². The van der Waals surface area contributed by atoms with Crippen molar-refractivity contribution in [3.05, 3.63) is 100 Å². The Labute approximate surface area is 178 Å². The summed E-state index contributed by atoms with van der Waals surface area (Å²) in [5.74, 6) is -1.34. The molecule has 0 heterocycles. The monoisotopic (exact) mass is 421 g/mol. The Hall–Kier alpha value is -3.69. The maximum Gasteiger partial charge on any atom is 0.261 e. The van der Waals surface area contributed by atoms with Gasteiger partial charge in [-0.3, -0.25) is 4.79 Å². The molecule has 0 radical (unpaired) electrons. The van der Waals surface area contributed by atoms with Crippen molar-refractivity contribution in [1.29, 1.82) is 5.26 Å². The third kappa shape index (κ3) is 5.43. The van der Waals surface area contributed by atoms with Crippen LogP contribution in [0.3, 0.4) is 0 Å². The van der Waals surface area contributed by atoms with Gasteiger partial charge in [0.25, 0.3) is 5.91 Å². The number of carbonyl (C=O) groups excluding carboxylic acids is 1. The van der Waals surface area contributed by atoms with Gasteiger partial charge in [0, 0.05) is 5.56 Å². The topological polar surface area (TPSA) is 74.5 Å². The van der Waals surface area contributed by atoms with Crippen LogP contribution in [-0.2, 0) is 11.4 Å². The minimum atomic E-state index is -0.940. The molecule has 30 heavy (non-hydrogen) atoms. The number of nitrogens with zero attached hydrogens (tertiary/aromatic N) is 2. The second-order valence-electron chi connectivity index (χ2n) is 6.26. The summed E-state index contributed by atoms with van der Waals surface area (Å²) in [6.07, 6.45) is 1.45. The molecule has 0 aliphatic carbocycles. The van der Waals surface area contributed by atoms with Gasteiger partial charge in [-0.2, -0.15) is 10.4 Å². The van der Waals surface area contributed by atoms with Crippen molar-refractivity contribution >= 4 is 23.7 Å². The van der Waals surface area contributed by atoms with Crippen LogP contribution in [0.2, 0.25) is 5.02 Å². The van der Waals surface area contributed by atoms with Crippen molar-refractivity contribution in [3.63, 3.8) is 0 Å². The quantitative estimate of drug-likeness (QED) is 0.439. The minimum Gasteiger partial charge on any atom is -0.489 e. The van der Waals surface area contributed by atoms with Crippen LogP contribution in [0.15, 0.2) is 77.9 Å². The Morgan fingerprint density at radius 2 is 1.87 bits per heavy atom. The van der Waals surface area contributed by atoms with E-state index in [0.29, 0.717) is 21.9 Å². The van der Waals surface area contributed by atoms with E-state index in [1.807, 2.05) is 12.1 Å². The highest BCUT2D eigenvalue weighted by atomic mass is 35.5. The molecule has 0 unspecified atom stereocenters. The maximum atomic E-state index is 13.8. The van der Waals surface area contributed by atoms with E-state index in [1.165, 1.54) is 18.3 Å². The highest BCUT2D eigenvalue weighted by molar-refractivity contribution is 6.31. The Balaban J connectivity index is 1.56. The Bertz CT molecular complexity index is 1060. The molecule has 5 nitrogen and oxygen atoms in total. The predicted octanol–water partition coefficient (Wildman–Crippen LogP) is 4.82. The number of nitrogens with one attached hydrogen (secondary N) is 1. The fraction of sp³-hybridized carbons (Fsp3) is 0.0870. The summed E-state index contributed by atoms with van der Waals surface area (Å²) in [5, 5.41) is 13.5. The average Bonchev–Trinajstić information content (AvgIpc) is 2.76. The van der Waals surface area contributed by atoms with Crippen molar-refractivity contribution in [3.8, 4) is 11.8 Å².